The van der Waals surface area contributed by atoms with Crippen molar-refractivity contribution in [3.8, 4) is 11.6 Å². The predicted molar refractivity (Wildman–Crippen MR) is 83.2 cm³/mol. The van der Waals surface area contributed by atoms with Crippen molar-refractivity contribution in [2.24, 2.45) is 0 Å². The molecule has 0 unspecified atom stereocenters. The molecule has 4 nitrogen and oxygen atoms in total. The van der Waals surface area contributed by atoms with Crippen molar-refractivity contribution >= 4 is 5.69 Å². The Balaban J connectivity index is 1.60. The summed E-state index contributed by atoms with van der Waals surface area (Å²) >= 11 is 0. The first-order valence-electron chi connectivity index (χ1n) is 7.19. The Hall–Kier alpha value is -2.23. The smallest absolute Gasteiger partial charge is 0.237 e. The van der Waals surface area contributed by atoms with Crippen LogP contribution < -0.4 is 14.8 Å². The number of pyridine rings is 1. The van der Waals surface area contributed by atoms with Crippen LogP contribution >= 0.6 is 0 Å². The Morgan fingerprint density at radius 2 is 1.95 bits per heavy atom. The third kappa shape index (κ3) is 2.94. The molecule has 1 aromatic carbocycles. The number of benzene rings is 1. The molecule has 1 aliphatic carbocycles. The fraction of sp³-hybridized carbons (Fsp3) is 0.353. The van der Waals surface area contributed by atoms with Gasteiger partial charge in [-0.25, -0.2) is 4.98 Å². The topological polar surface area (TPSA) is 43.4 Å². The quantitative estimate of drug-likeness (QED) is 0.913. The summed E-state index contributed by atoms with van der Waals surface area (Å²) in [4.78, 5) is 4.21. The highest BCUT2D eigenvalue weighted by atomic mass is 16.5. The van der Waals surface area contributed by atoms with Crippen LogP contribution in [0.5, 0.6) is 11.6 Å². The predicted octanol–water partition coefficient (Wildman–Crippen LogP) is 3.46. The van der Waals surface area contributed by atoms with Gasteiger partial charge >= 0.3 is 0 Å². The highest BCUT2D eigenvalue weighted by Crippen LogP contribution is 2.40. The number of hydrogen-bond donors (Lipinski definition) is 1. The summed E-state index contributed by atoms with van der Waals surface area (Å²) in [6.45, 7) is 0. The van der Waals surface area contributed by atoms with Gasteiger partial charge in [0.15, 0.2) is 0 Å². The van der Waals surface area contributed by atoms with Crippen LogP contribution in [0.15, 0.2) is 42.6 Å². The van der Waals surface area contributed by atoms with Crippen LogP contribution in [0.3, 0.4) is 0 Å². The van der Waals surface area contributed by atoms with Gasteiger partial charge in [-0.15, -0.1) is 0 Å². The second-order valence-corrected chi connectivity index (χ2v) is 5.35. The molecule has 1 N–H and O–H groups in total. The van der Waals surface area contributed by atoms with Gasteiger partial charge in [-0.3, -0.25) is 0 Å². The Morgan fingerprint density at radius 1 is 1.10 bits per heavy atom. The summed E-state index contributed by atoms with van der Waals surface area (Å²) in [7, 11) is 3.35. The van der Waals surface area contributed by atoms with Gasteiger partial charge < -0.3 is 14.8 Å². The Labute approximate surface area is 125 Å². The number of hydrogen-bond acceptors (Lipinski definition) is 4. The van der Waals surface area contributed by atoms with Gasteiger partial charge in [0.25, 0.3) is 0 Å². The van der Waals surface area contributed by atoms with Gasteiger partial charge in [0.2, 0.25) is 5.88 Å². The van der Waals surface area contributed by atoms with Crippen LogP contribution in [0.4, 0.5) is 5.69 Å². The molecule has 1 saturated carbocycles. The molecule has 1 aromatic heterocycles. The van der Waals surface area contributed by atoms with E-state index in [1.165, 1.54) is 5.56 Å². The van der Waals surface area contributed by atoms with Gasteiger partial charge in [-0.05, 0) is 48.6 Å². The molecule has 1 fully saturated rings. The van der Waals surface area contributed by atoms with Crippen LogP contribution in [0, 0.1) is 0 Å². The van der Waals surface area contributed by atoms with Gasteiger partial charge in [-0.1, -0.05) is 12.1 Å². The molecule has 0 bridgehead atoms. The average molecular weight is 284 g/mol. The third-order valence-corrected chi connectivity index (χ3v) is 4.03. The van der Waals surface area contributed by atoms with E-state index in [2.05, 4.69) is 28.5 Å². The molecule has 0 radical (unpaired) electrons. The van der Waals surface area contributed by atoms with E-state index in [9.17, 15) is 0 Å². The lowest BCUT2D eigenvalue weighted by Gasteiger charge is -2.37. The van der Waals surface area contributed by atoms with Crippen molar-refractivity contribution in [3.63, 3.8) is 0 Å². The zero-order valence-corrected chi connectivity index (χ0v) is 12.4. The molecule has 0 spiro atoms. The molecule has 3 rings (SSSR count). The van der Waals surface area contributed by atoms with E-state index < -0.39 is 0 Å². The molecular weight excluding hydrogens is 264 g/mol. The van der Waals surface area contributed by atoms with E-state index in [0.717, 1.165) is 24.3 Å². The number of rotatable bonds is 5. The first kappa shape index (κ1) is 13.7. The highest BCUT2D eigenvalue weighted by Gasteiger charge is 2.30. The van der Waals surface area contributed by atoms with E-state index >= 15 is 0 Å². The van der Waals surface area contributed by atoms with Gasteiger partial charge in [0.05, 0.1) is 19.9 Å². The maximum Gasteiger partial charge on any atom is 0.237 e. The summed E-state index contributed by atoms with van der Waals surface area (Å²) in [6, 6.07) is 12.7. The summed E-state index contributed by atoms with van der Waals surface area (Å²) < 4.78 is 10.6. The molecule has 1 heterocycles. The Morgan fingerprint density at radius 3 is 2.71 bits per heavy atom. The van der Waals surface area contributed by atoms with Gasteiger partial charge in [0.1, 0.15) is 5.75 Å². The molecule has 4 heteroatoms. The van der Waals surface area contributed by atoms with Crippen molar-refractivity contribution in [1.29, 1.82) is 0 Å². The average Bonchev–Trinajstić information content (AvgIpc) is 2.50. The largest absolute Gasteiger partial charge is 0.497 e. The summed E-state index contributed by atoms with van der Waals surface area (Å²) in [5.74, 6) is 2.18. The van der Waals surface area contributed by atoms with Gasteiger partial charge in [0, 0.05) is 12.2 Å². The van der Waals surface area contributed by atoms with E-state index in [-0.39, 0.29) is 0 Å². The molecule has 2 aromatic rings. The molecule has 1 aliphatic rings. The van der Waals surface area contributed by atoms with E-state index in [4.69, 9.17) is 9.47 Å². The van der Waals surface area contributed by atoms with Crippen molar-refractivity contribution in [2.45, 2.75) is 24.8 Å². The number of methoxy groups -OCH3 is 2. The zero-order chi connectivity index (χ0) is 14.7. The summed E-state index contributed by atoms with van der Waals surface area (Å²) in [6.07, 6.45) is 3.97. The minimum atomic E-state index is 0.472. The van der Waals surface area contributed by atoms with Crippen molar-refractivity contribution in [1.82, 2.24) is 4.98 Å². The molecular formula is C17H20N2O2. The minimum absolute atomic E-state index is 0.472. The third-order valence-electron chi connectivity index (χ3n) is 4.03. The second-order valence-electron chi connectivity index (χ2n) is 5.35. The number of nitrogens with zero attached hydrogens (tertiary/aromatic N) is 1. The molecule has 0 atom stereocenters. The van der Waals surface area contributed by atoms with Gasteiger partial charge in [-0.2, -0.15) is 0 Å². The van der Waals surface area contributed by atoms with E-state index in [1.54, 1.807) is 20.4 Å². The van der Waals surface area contributed by atoms with Crippen LogP contribution in [0.1, 0.15) is 24.3 Å². The van der Waals surface area contributed by atoms with Crippen LogP contribution in [-0.2, 0) is 0 Å². The maximum atomic E-state index is 5.29. The highest BCUT2D eigenvalue weighted by molar-refractivity contribution is 5.53. The number of anilines is 1. The number of ether oxygens (including phenoxy) is 2. The SMILES string of the molecule is COc1cccc(C2CC(Nc3cccnc3OC)C2)c1. The monoisotopic (exact) mass is 284 g/mol. The van der Waals surface area contributed by atoms with Crippen molar-refractivity contribution in [3.05, 3.63) is 48.2 Å². The maximum absolute atomic E-state index is 5.29. The van der Waals surface area contributed by atoms with Crippen molar-refractivity contribution < 1.29 is 9.47 Å². The normalized spacial score (nSPS) is 20.5. The standard InChI is InChI=1S/C17H20N2O2/c1-20-15-6-3-5-12(11-15)13-9-14(10-13)19-16-7-4-8-18-17(16)21-2/h3-8,11,13-14,19H,9-10H2,1-2H3. The molecule has 0 saturated heterocycles. The fourth-order valence-electron chi connectivity index (χ4n) is 2.79. The number of aromatic nitrogens is 1. The second kappa shape index (κ2) is 6.04. The summed E-state index contributed by atoms with van der Waals surface area (Å²) in [5.41, 5.74) is 2.32. The lowest BCUT2D eigenvalue weighted by atomic mass is 9.76. The van der Waals surface area contributed by atoms with Crippen LogP contribution in [0.2, 0.25) is 0 Å². The molecule has 0 aliphatic heterocycles. The van der Waals surface area contributed by atoms with Crippen LogP contribution in [0.25, 0.3) is 0 Å². The Bertz CT molecular complexity index is 609. The Kier molecular flexibility index (Phi) is 3.95. The van der Waals surface area contributed by atoms with Crippen LogP contribution in [-0.4, -0.2) is 25.2 Å². The minimum Gasteiger partial charge on any atom is -0.497 e. The lowest BCUT2D eigenvalue weighted by Crippen LogP contribution is -2.34. The first-order valence-corrected chi connectivity index (χ1v) is 7.19. The fourth-order valence-corrected chi connectivity index (χ4v) is 2.79. The molecule has 21 heavy (non-hydrogen) atoms. The van der Waals surface area contributed by atoms with E-state index in [0.29, 0.717) is 17.8 Å². The summed E-state index contributed by atoms with van der Waals surface area (Å²) in [5, 5.41) is 3.51. The van der Waals surface area contributed by atoms with Crippen molar-refractivity contribution in [2.75, 3.05) is 19.5 Å². The van der Waals surface area contributed by atoms with E-state index in [1.807, 2.05) is 18.2 Å². The lowest BCUT2D eigenvalue weighted by molar-refractivity contribution is 0.365. The molecule has 0 amide bonds. The molecule has 110 valence electrons. The zero-order valence-electron chi connectivity index (χ0n) is 12.4. The number of nitrogens with one attached hydrogen (secondary N) is 1. The first-order chi connectivity index (χ1) is 10.3.